The number of fused-ring (bicyclic) bond motifs is 5. The average molecular weight is 1170 g/mol. The molecule has 23 heteroatoms. The van der Waals surface area contributed by atoms with Gasteiger partial charge in [0.15, 0.2) is 11.7 Å². The zero-order valence-corrected chi connectivity index (χ0v) is 48.4. The first kappa shape index (κ1) is 60.0. The number of nitrogens with one attached hydrogen (secondary N) is 6. The van der Waals surface area contributed by atoms with Gasteiger partial charge in [-0.3, -0.25) is 28.8 Å². The van der Waals surface area contributed by atoms with Crippen LogP contribution >= 0.6 is 0 Å². The molecule has 0 saturated carbocycles. The highest BCUT2D eigenvalue weighted by atomic mass is 28.4. The minimum atomic E-state index is -3.34. The van der Waals surface area contributed by atoms with Crippen LogP contribution in [0.5, 0.6) is 0 Å². The van der Waals surface area contributed by atoms with Gasteiger partial charge in [0.1, 0.15) is 31.7 Å². The van der Waals surface area contributed by atoms with Gasteiger partial charge in [-0.15, -0.1) is 0 Å². The standard InChI is InChI=1S/C61H67FN8O13Si/c1-7-61(79)42-26-47-54-40(31-70(47)57(76)41(42)32-81-58(61)77)53-44(24-23-39-35(2)43(62)27-45(68-54)52(39)53)69-56(75)48(33-83-84(60(3,4)5,37-19-13-9-14-20-37)38-21-15-10-16-22-38)82-34-66-50(72)28-64-55(74)46(25-36-17-11-8-12-18-36)67-51(73)30-63-49(71)29-65-59(78)80-6/h8-22,26-27,44,46,48,79H,7,23-25,28-34H2,1-6H3,(H,63,71)(H,64,74)(H,65,78)(H,66,72)(H,67,73)(H,69,75)/t44-,46-,48+,61-/m0/s1. The molecule has 2 aliphatic heterocycles. The van der Waals surface area contributed by atoms with E-state index in [0.29, 0.717) is 57.4 Å². The number of cyclic esters (lactones) is 1. The van der Waals surface area contributed by atoms with Crippen molar-refractivity contribution in [1.29, 1.82) is 0 Å². The highest BCUT2D eigenvalue weighted by Crippen LogP contribution is 2.46. The number of nitrogens with zero attached hydrogens (tertiary/aromatic N) is 2. The third kappa shape index (κ3) is 12.1. The van der Waals surface area contributed by atoms with Gasteiger partial charge in [0.05, 0.1) is 61.9 Å². The number of esters is 1. The summed E-state index contributed by atoms with van der Waals surface area (Å²) in [6.07, 6.45) is -1.65. The van der Waals surface area contributed by atoms with Crippen molar-refractivity contribution in [1.82, 2.24) is 41.5 Å². The molecular weight excluding hydrogens is 1100 g/mol. The summed E-state index contributed by atoms with van der Waals surface area (Å²) in [5, 5.41) is 29.1. The Bertz CT molecular complexity index is 3560. The van der Waals surface area contributed by atoms with E-state index in [-0.39, 0.29) is 49.2 Å². The van der Waals surface area contributed by atoms with Gasteiger partial charge in [-0.25, -0.2) is 19.0 Å². The summed E-state index contributed by atoms with van der Waals surface area (Å²) in [4.78, 5) is 112. The number of carbonyl (C=O) groups excluding carboxylic acids is 7. The topological polar surface area (TPSA) is 284 Å². The molecule has 2 aromatic heterocycles. The maximum atomic E-state index is 15.9. The molecule has 440 valence electrons. The van der Waals surface area contributed by atoms with E-state index in [1.807, 2.05) is 60.7 Å². The van der Waals surface area contributed by atoms with E-state index in [9.17, 15) is 38.7 Å². The second kappa shape index (κ2) is 25.1. The van der Waals surface area contributed by atoms with E-state index in [0.717, 1.165) is 17.5 Å². The van der Waals surface area contributed by atoms with Crippen LogP contribution in [0.2, 0.25) is 5.04 Å². The predicted octanol–water partition coefficient (Wildman–Crippen LogP) is 2.98. The molecule has 0 bridgehead atoms. The molecule has 6 aromatic rings. The van der Waals surface area contributed by atoms with E-state index in [2.05, 4.69) is 57.4 Å². The number of halogens is 1. The number of pyridine rings is 2. The van der Waals surface area contributed by atoms with E-state index >= 15 is 9.18 Å². The third-order valence-electron chi connectivity index (χ3n) is 15.8. The van der Waals surface area contributed by atoms with Gasteiger partial charge in [-0.05, 0) is 69.9 Å². The molecule has 0 unspecified atom stereocenters. The molecule has 7 N–H and O–H groups in total. The lowest BCUT2D eigenvalue weighted by Crippen LogP contribution is -2.67. The van der Waals surface area contributed by atoms with Gasteiger partial charge in [0, 0.05) is 29.0 Å². The number of aliphatic hydroxyl groups is 1. The molecule has 4 atom stereocenters. The smallest absolute Gasteiger partial charge is 0.407 e. The monoisotopic (exact) mass is 1170 g/mol. The molecule has 0 radical (unpaired) electrons. The lowest BCUT2D eigenvalue weighted by molar-refractivity contribution is -0.172. The zero-order chi connectivity index (χ0) is 60.1. The van der Waals surface area contributed by atoms with Crippen molar-refractivity contribution in [2.24, 2.45) is 0 Å². The number of carbonyl (C=O) groups is 7. The van der Waals surface area contributed by atoms with Crippen LogP contribution in [0.3, 0.4) is 0 Å². The summed E-state index contributed by atoms with van der Waals surface area (Å²) >= 11 is 0. The van der Waals surface area contributed by atoms with Crippen LogP contribution in [-0.4, -0.2) is 117 Å². The summed E-state index contributed by atoms with van der Waals surface area (Å²) in [6.45, 7) is 6.79. The van der Waals surface area contributed by atoms with E-state index in [1.54, 1.807) is 50.2 Å². The first-order chi connectivity index (χ1) is 40.2. The maximum Gasteiger partial charge on any atom is 0.407 e. The molecule has 0 saturated heterocycles. The average Bonchev–Trinajstić information content (AvgIpc) is 1.55. The molecule has 9 rings (SSSR count). The van der Waals surface area contributed by atoms with Crippen molar-refractivity contribution < 1.29 is 61.7 Å². The van der Waals surface area contributed by atoms with Gasteiger partial charge in [-0.1, -0.05) is 119 Å². The Balaban J connectivity index is 0.988. The molecule has 6 amide bonds. The number of aromatic nitrogens is 2. The number of ether oxygens (including phenoxy) is 3. The number of hydrogen-bond acceptors (Lipinski definition) is 14. The molecule has 1 aliphatic carbocycles. The Morgan fingerprint density at radius 3 is 2.11 bits per heavy atom. The minimum absolute atomic E-state index is 0.00447. The first-order valence-corrected chi connectivity index (χ1v) is 29.5. The largest absolute Gasteiger partial charge is 0.458 e. The van der Waals surface area contributed by atoms with Crippen LogP contribution in [0.15, 0.2) is 108 Å². The van der Waals surface area contributed by atoms with Crippen LogP contribution in [0.4, 0.5) is 9.18 Å². The predicted molar refractivity (Wildman–Crippen MR) is 308 cm³/mol. The van der Waals surface area contributed by atoms with Crippen LogP contribution in [0.25, 0.3) is 22.3 Å². The van der Waals surface area contributed by atoms with Crippen LogP contribution in [0.1, 0.15) is 85.5 Å². The first-order valence-electron chi connectivity index (χ1n) is 27.6. The number of alkyl carbamates (subject to hydrolysis) is 1. The number of aryl methyl sites for hydroxylation is 1. The lowest BCUT2D eigenvalue weighted by atomic mass is 9.81. The summed E-state index contributed by atoms with van der Waals surface area (Å²) in [5.41, 5.74) is 1.57. The molecule has 84 heavy (non-hydrogen) atoms. The van der Waals surface area contributed by atoms with Crippen LogP contribution in [0, 0.1) is 12.7 Å². The number of rotatable bonds is 21. The van der Waals surface area contributed by atoms with Gasteiger partial charge in [0.2, 0.25) is 23.6 Å². The van der Waals surface area contributed by atoms with Gasteiger partial charge in [0.25, 0.3) is 19.8 Å². The van der Waals surface area contributed by atoms with Gasteiger partial charge < -0.3 is 60.2 Å². The fourth-order valence-corrected chi connectivity index (χ4v) is 16.0. The van der Waals surface area contributed by atoms with E-state index in [4.69, 9.17) is 18.9 Å². The number of benzene rings is 4. The Kier molecular flexibility index (Phi) is 17.9. The van der Waals surface area contributed by atoms with Crippen molar-refractivity contribution in [3.05, 3.63) is 158 Å². The fraction of sp³-hybridized carbons (Fsp3) is 0.361. The minimum Gasteiger partial charge on any atom is -0.458 e. The van der Waals surface area contributed by atoms with Gasteiger partial charge in [-0.2, -0.15) is 0 Å². The second-order valence-electron chi connectivity index (χ2n) is 21.9. The third-order valence-corrected chi connectivity index (χ3v) is 20.8. The summed E-state index contributed by atoms with van der Waals surface area (Å²) in [6, 6.07) is 29.3. The molecule has 3 aliphatic rings. The fourth-order valence-electron chi connectivity index (χ4n) is 11.5. The Morgan fingerprint density at radius 1 is 0.833 bits per heavy atom. The molecule has 4 aromatic carbocycles. The molecule has 21 nitrogen and oxygen atoms in total. The molecule has 0 fully saturated rings. The Labute approximate surface area is 484 Å². The van der Waals surface area contributed by atoms with Gasteiger partial charge >= 0.3 is 12.1 Å². The normalized spacial score (nSPS) is 16.6. The highest BCUT2D eigenvalue weighted by Gasteiger charge is 2.51. The summed E-state index contributed by atoms with van der Waals surface area (Å²) in [5.74, 6) is -4.83. The molecular formula is C61H67FN8O13Si. The van der Waals surface area contributed by atoms with E-state index < -0.39 is 116 Å². The van der Waals surface area contributed by atoms with Crippen molar-refractivity contribution in [3.8, 4) is 11.4 Å². The van der Waals surface area contributed by atoms with Crippen LogP contribution < -0.4 is 47.8 Å². The number of methoxy groups -OCH3 is 1. The SMILES string of the molecule is CC[C@@]1(O)C(=O)OCc2c1cc1n(c2=O)Cc2c-1nc1cc(F)c(C)c3c1c2[C@@H](NC(=O)[C@@H](CO[Si](c1ccccc1)(c1ccccc1)C(C)(C)C)OCNC(=O)CNC(=O)[C@H](Cc1ccccc1)NC(=O)CNC(=O)CNC(=O)OC)CC3. The molecule has 0 spiro atoms. The lowest BCUT2D eigenvalue weighted by Gasteiger charge is -2.43. The second-order valence-corrected chi connectivity index (χ2v) is 26.2. The van der Waals surface area contributed by atoms with Crippen molar-refractivity contribution in [2.75, 3.05) is 40.1 Å². The number of amides is 6. The molecule has 4 heterocycles. The Morgan fingerprint density at radius 2 is 1.46 bits per heavy atom. The Hall–Kier alpha value is -8.64. The summed E-state index contributed by atoms with van der Waals surface area (Å²) < 4.78 is 40.7. The van der Waals surface area contributed by atoms with Crippen molar-refractivity contribution in [2.45, 2.75) is 102 Å². The summed E-state index contributed by atoms with van der Waals surface area (Å²) in [7, 11) is -2.21. The van der Waals surface area contributed by atoms with Crippen molar-refractivity contribution in [3.63, 3.8) is 0 Å². The van der Waals surface area contributed by atoms with Crippen molar-refractivity contribution >= 4 is 71.2 Å². The maximum absolute atomic E-state index is 15.9. The van der Waals surface area contributed by atoms with Crippen LogP contribution in [-0.2, 0) is 79.0 Å². The quantitative estimate of drug-likeness (QED) is 0.0310. The zero-order valence-electron chi connectivity index (χ0n) is 47.4. The van der Waals surface area contributed by atoms with E-state index in [1.165, 1.54) is 10.6 Å². The number of hydrogen-bond donors (Lipinski definition) is 7. The highest BCUT2D eigenvalue weighted by molar-refractivity contribution is 6.99.